The van der Waals surface area contributed by atoms with Crippen LogP contribution in [0.1, 0.15) is 36.7 Å². The molecule has 1 aliphatic heterocycles. The van der Waals surface area contributed by atoms with E-state index in [4.69, 9.17) is 28.3 Å². The number of benzene rings is 2. The molecule has 0 bridgehead atoms. The summed E-state index contributed by atoms with van der Waals surface area (Å²) in [5.74, 6) is 0.731. The summed E-state index contributed by atoms with van der Waals surface area (Å²) in [6.45, 7) is 5.89. The maximum absolute atomic E-state index is 11.4. The van der Waals surface area contributed by atoms with Crippen molar-refractivity contribution in [2.24, 2.45) is 0 Å². The van der Waals surface area contributed by atoms with Crippen molar-refractivity contribution in [1.82, 2.24) is 9.88 Å². The van der Waals surface area contributed by atoms with E-state index < -0.39 is 5.60 Å². The minimum Gasteiger partial charge on any atom is -0.581 e. The molecule has 4 N–H and O–H groups in total. The molecule has 3 atom stereocenters. The summed E-state index contributed by atoms with van der Waals surface area (Å²) in [6.07, 6.45) is 1.63. The Morgan fingerprint density at radius 1 is 1.05 bits per heavy atom. The number of ether oxygens (including phenoxy) is 1. The first-order chi connectivity index (χ1) is 17.7. The fraction of sp³-hybridized carbons (Fsp3) is 0.393. The lowest BCUT2D eigenvalue weighted by molar-refractivity contribution is -0.00397. The van der Waals surface area contributed by atoms with Gasteiger partial charge in [-0.1, -0.05) is 41.4 Å². The fourth-order valence-electron chi connectivity index (χ4n) is 4.81. The number of β-amino-alcohol motifs (C(OH)–C–C–N with tert-alkyl or cyclic N) is 1. The first-order valence-electron chi connectivity index (χ1n) is 12.3. The number of aromatic hydroxyl groups is 1. The van der Waals surface area contributed by atoms with E-state index in [1.54, 1.807) is 19.2 Å². The van der Waals surface area contributed by atoms with E-state index in [9.17, 15) is 10.2 Å². The van der Waals surface area contributed by atoms with Crippen molar-refractivity contribution in [2.75, 3.05) is 37.7 Å². The number of anilines is 1. The molecule has 198 valence electrons. The van der Waals surface area contributed by atoms with Crippen LogP contribution < -0.4 is 4.90 Å². The summed E-state index contributed by atoms with van der Waals surface area (Å²) in [5.41, 5.74) is 2.14. The number of rotatable bonds is 9. The number of piperazine rings is 1. The van der Waals surface area contributed by atoms with Gasteiger partial charge in [0.1, 0.15) is 12.2 Å². The Labute approximate surface area is 227 Å². The summed E-state index contributed by atoms with van der Waals surface area (Å²) >= 11 is 12.9. The minimum absolute atomic E-state index is 0.0110. The number of halogens is 2. The molecule has 0 unspecified atom stereocenters. The highest BCUT2D eigenvalue weighted by Crippen LogP contribution is 2.39. The number of aliphatic hydroxyl groups is 4. The molecule has 1 aliphatic rings. The predicted molar refractivity (Wildman–Crippen MR) is 147 cm³/mol. The summed E-state index contributed by atoms with van der Waals surface area (Å²) in [5, 5.41) is 31.1. The minimum atomic E-state index is -1.13. The van der Waals surface area contributed by atoms with Gasteiger partial charge >= 0.3 is 0 Å². The van der Waals surface area contributed by atoms with Gasteiger partial charge in [0.25, 0.3) is 5.75 Å². The van der Waals surface area contributed by atoms with Crippen LogP contribution in [-0.4, -0.2) is 68.8 Å². The van der Waals surface area contributed by atoms with E-state index in [1.165, 1.54) is 0 Å². The van der Waals surface area contributed by atoms with E-state index in [1.807, 2.05) is 48.5 Å². The molecule has 0 amide bonds. The van der Waals surface area contributed by atoms with Crippen molar-refractivity contribution in [1.29, 1.82) is 0 Å². The van der Waals surface area contributed by atoms with E-state index in [0.29, 0.717) is 47.5 Å². The highest BCUT2D eigenvalue weighted by molar-refractivity contribution is 6.33. The lowest BCUT2D eigenvalue weighted by atomic mass is 9.93. The number of nitrogens with zero attached hydrogens (tertiary/aromatic N) is 3. The average molecular weight is 548 g/mol. The largest absolute Gasteiger partial charge is 0.581 e. The molecule has 1 aromatic heterocycles. The summed E-state index contributed by atoms with van der Waals surface area (Å²) in [4.78, 5) is 8.83. The summed E-state index contributed by atoms with van der Waals surface area (Å²) in [6, 6.07) is 17.2. The fourth-order valence-corrected chi connectivity index (χ4v) is 5.22. The molecule has 9 heteroatoms. The van der Waals surface area contributed by atoms with Crippen LogP contribution >= 0.6 is 23.2 Å². The van der Waals surface area contributed by atoms with Crippen LogP contribution in [0.2, 0.25) is 10.0 Å². The Hall–Kier alpha value is -2.39. The van der Waals surface area contributed by atoms with Crippen LogP contribution in [0.15, 0.2) is 60.8 Å². The highest BCUT2D eigenvalue weighted by atomic mass is 35.5. The van der Waals surface area contributed by atoms with Crippen LogP contribution in [0.25, 0.3) is 0 Å². The van der Waals surface area contributed by atoms with Crippen LogP contribution in [0, 0.1) is 0 Å². The van der Waals surface area contributed by atoms with Crippen molar-refractivity contribution in [3.05, 3.63) is 87.7 Å². The predicted octanol–water partition coefficient (Wildman–Crippen LogP) is 4.27. The van der Waals surface area contributed by atoms with Gasteiger partial charge in [0.05, 0.1) is 35.1 Å². The van der Waals surface area contributed by atoms with Gasteiger partial charge in [-0.15, -0.1) is 0 Å². The molecule has 0 spiro atoms. The number of aliphatic hydroxyl groups excluding tert-OH is 2. The van der Waals surface area contributed by atoms with Gasteiger partial charge in [0.15, 0.2) is 6.61 Å². The molecule has 3 aromatic rings. The third-order valence-electron chi connectivity index (χ3n) is 6.88. The van der Waals surface area contributed by atoms with E-state index in [-0.39, 0.29) is 25.3 Å². The number of aromatic nitrogens is 1. The van der Waals surface area contributed by atoms with Crippen molar-refractivity contribution >= 4 is 28.9 Å². The van der Waals surface area contributed by atoms with Gasteiger partial charge in [-0.3, -0.25) is 9.88 Å². The monoisotopic (exact) mass is 546 g/mol. The van der Waals surface area contributed by atoms with Crippen molar-refractivity contribution < 1.29 is 20.1 Å². The zero-order valence-electron chi connectivity index (χ0n) is 21.1. The molecular weight excluding hydrogens is 513 g/mol. The van der Waals surface area contributed by atoms with E-state index in [2.05, 4.69) is 26.4 Å². The number of hydrogen-bond donors (Lipinski definition) is 3. The second kappa shape index (κ2) is 12.0. The third kappa shape index (κ3) is 6.55. The van der Waals surface area contributed by atoms with Crippen LogP contribution in [0.3, 0.4) is 0 Å². The first-order valence-corrected chi connectivity index (χ1v) is 13.1. The smallest absolute Gasteiger partial charge is 0.256 e. The van der Waals surface area contributed by atoms with Crippen LogP contribution in [0.5, 0.6) is 5.75 Å². The normalized spacial score (nSPS) is 20.0. The molecule has 1 saturated heterocycles. The van der Waals surface area contributed by atoms with Crippen LogP contribution in [0.4, 0.5) is 5.69 Å². The zero-order chi connectivity index (χ0) is 26.6. The van der Waals surface area contributed by atoms with E-state index >= 15 is 0 Å². The summed E-state index contributed by atoms with van der Waals surface area (Å²) in [7, 11) is 0. The first kappa shape index (κ1) is 27.6. The quantitative estimate of drug-likeness (QED) is 0.347. The topological polar surface area (TPSA) is 92.9 Å². The molecule has 7 nitrogen and oxygen atoms in total. The maximum Gasteiger partial charge on any atom is 0.256 e. The molecular formula is C28H34Cl2N3O4+. The zero-order valence-corrected chi connectivity index (χ0v) is 22.6. The SMILES string of the molecule is C[C@@H]1CN(c2ccc([OH+]CCO)cc2Cl)[C@H](c2ccc(Cl)cc2)CN1C[C@@](C)(O)c1ccc(CO)nc1. The molecule has 2 heterocycles. The van der Waals surface area contributed by atoms with Gasteiger partial charge in [-0.2, -0.15) is 0 Å². The molecule has 1 fully saturated rings. The Morgan fingerprint density at radius 2 is 1.81 bits per heavy atom. The van der Waals surface area contributed by atoms with Gasteiger partial charge in [0.2, 0.25) is 0 Å². The third-order valence-corrected chi connectivity index (χ3v) is 7.43. The molecule has 37 heavy (non-hydrogen) atoms. The number of pyridine rings is 1. The standard InChI is InChI=1S/C28H33Cl2N3O4/c1-19-15-33(26-10-9-24(13-25(26)30)37-12-11-34)27(20-3-6-22(29)7-4-20)16-32(19)18-28(2,36)21-5-8-23(17-35)31-14-21/h3-10,13-14,19,27,34-36H,11-12,15-18H2,1-2H3/p+1/t19-,27+,28-/m1/s1. The molecule has 0 aliphatic carbocycles. The Balaban J connectivity index is 1.62. The van der Waals surface area contributed by atoms with Crippen molar-refractivity contribution in [2.45, 2.75) is 38.1 Å². The lowest BCUT2D eigenvalue weighted by Crippen LogP contribution is -2.56. The average Bonchev–Trinajstić information content (AvgIpc) is 2.89. The number of hydrogen-bond acceptors (Lipinski definition) is 6. The summed E-state index contributed by atoms with van der Waals surface area (Å²) < 4.78 is 4.34. The second-order valence-corrected chi connectivity index (χ2v) is 10.6. The molecule has 4 rings (SSSR count). The Kier molecular flexibility index (Phi) is 8.95. The lowest BCUT2D eigenvalue weighted by Gasteiger charge is -2.48. The van der Waals surface area contributed by atoms with Crippen LogP contribution in [-0.2, 0) is 12.2 Å². The Bertz CT molecular complexity index is 1180. The van der Waals surface area contributed by atoms with E-state index in [0.717, 1.165) is 17.0 Å². The van der Waals surface area contributed by atoms with Gasteiger partial charge < -0.3 is 25.0 Å². The second-order valence-electron chi connectivity index (χ2n) is 9.71. The Morgan fingerprint density at radius 3 is 2.43 bits per heavy atom. The molecule has 2 aromatic carbocycles. The molecule has 0 radical (unpaired) electrons. The maximum atomic E-state index is 11.4. The highest BCUT2D eigenvalue weighted by Gasteiger charge is 2.37. The van der Waals surface area contributed by atoms with Crippen molar-refractivity contribution in [3.8, 4) is 5.75 Å². The van der Waals surface area contributed by atoms with Gasteiger partial charge in [-0.25, -0.2) is 0 Å². The van der Waals surface area contributed by atoms with Gasteiger partial charge in [0, 0.05) is 48.5 Å². The molecule has 0 saturated carbocycles. The van der Waals surface area contributed by atoms with Gasteiger partial charge in [-0.05, 0) is 43.7 Å². The van der Waals surface area contributed by atoms with Crippen molar-refractivity contribution in [3.63, 3.8) is 0 Å².